The van der Waals surface area contributed by atoms with Crippen LogP contribution in [0.1, 0.15) is 28.2 Å². The molecular weight excluding hydrogens is 501 g/mol. The van der Waals surface area contributed by atoms with Crippen LogP contribution in [-0.2, 0) is 4.79 Å². The number of halogens is 1. The molecular formula is C29H28FN5O2S. The fourth-order valence-electron chi connectivity index (χ4n) is 4.54. The lowest BCUT2D eigenvalue weighted by Gasteiger charge is -2.37. The molecule has 1 fully saturated rings. The van der Waals surface area contributed by atoms with Crippen LogP contribution in [0, 0.1) is 5.82 Å². The molecule has 1 unspecified atom stereocenters. The highest BCUT2D eigenvalue weighted by Crippen LogP contribution is 2.25. The lowest BCUT2D eigenvalue weighted by Crippen LogP contribution is -2.52. The van der Waals surface area contributed by atoms with E-state index >= 15 is 0 Å². The maximum atomic E-state index is 13.3. The third-order valence-electron chi connectivity index (χ3n) is 6.79. The van der Waals surface area contributed by atoms with Crippen molar-refractivity contribution in [1.29, 1.82) is 0 Å². The van der Waals surface area contributed by atoms with Crippen LogP contribution in [0.3, 0.4) is 0 Å². The van der Waals surface area contributed by atoms with Crippen molar-refractivity contribution in [2.45, 2.75) is 13.0 Å². The Morgan fingerprint density at radius 3 is 2.29 bits per heavy atom. The first kappa shape index (κ1) is 25.5. The molecule has 194 valence electrons. The summed E-state index contributed by atoms with van der Waals surface area (Å²) in [5.74, 6) is 0.226. The first-order valence-electron chi connectivity index (χ1n) is 12.5. The largest absolute Gasteiger partial charge is 0.352 e. The maximum Gasteiger partial charge on any atom is 0.264 e. The molecule has 0 radical (unpaired) electrons. The maximum absolute atomic E-state index is 13.3. The Balaban J connectivity index is 1.22. The Labute approximate surface area is 225 Å². The number of rotatable bonds is 7. The summed E-state index contributed by atoms with van der Waals surface area (Å²) < 4.78 is 13.2. The van der Waals surface area contributed by atoms with E-state index in [1.807, 2.05) is 65.7 Å². The van der Waals surface area contributed by atoms with Crippen LogP contribution < -0.4 is 4.90 Å². The molecule has 0 saturated carbocycles. The predicted octanol–water partition coefficient (Wildman–Crippen LogP) is 4.90. The number of piperazine rings is 1. The number of amides is 2. The summed E-state index contributed by atoms with van der Waals surface area (Å²) in [6.07, 6.45) is 0. The van der Waals surface area contributed by atoms with Gasteiger partial charge >= 0.3 is 0 Å². The fourth-order valence-corrected chi connectivity index (χ4v) is 5.22. The SMILES string of the molecule is CC(c1ccccc1)N(CC(=O)N1CCN(c2ccc(-c3ccc(F)cc3)nn2)CC1)C(=O)c1cccs1. The molecule has 0 bridgehead atoms. The van der Waals surface area contributed by atoms with Crippen LogP contribution in [0.5, 0.6) is 0 Å². The van der Waals surface area contributed by atoms with Crippen molar-refractivity contribution in [3.05, 3.63) is 101 Å². The molecule has 3 heterocycles. The molecule has 2 aromatic carbocycles. The Hall–Kier alpha value is -4.11. The second kappa shape index (κ2) is 11.5. The molecule has 1 aliphatic heterocycles. The number of nitrogens with zero attached hydrogens (tertiary/aromatic N) is 5. The molecule has 4 aromatic rings. The number of carbonyl (C=O) groups is 2. The van der Waals surface area contributed by atoms with Crippen molar-refractivity contribution in [3.8, 4) is 11.3 Å². The molecule has 38 heavy (non-hydrogen) atoms. The van der Waals surface area contributed by atoms with Gasteiger partial charge in [-0.1, -0.05) is 36.4 Å². The highest BCUT2D eigenvalue weighted by atomic mass is 32.1. The number of benzene rings is 2. The molecule has 9 heteroatoms. The Morgan fingerprint density at radius 2 is 1.66 bits per heavy atom. The number of aromatic nitrogens is 2. The van der Waals surface area contributed by atoms with Crippen molar-refractivity contribution >= 4 is 29.0 Å². The third-order valence-corrected chi connectivity index (χ3v) is 7.65. The van der Waals surface area contributed by atoms with Gasteiger partial charge in [0.25, 0.3) is 5.91 Å². The van der Waals surface area contributed by atoms with Crippen molar-refractivity contribution in [2.24, 2.45) is 0 Å². The van der Waals surface area contributed by atoms with Crippen molar-refractivity contribution < 1.29 is 14.0 Å². The van der Waals surface area contributed by atoms with Gasteiger partial charge in [0.1, 0.15) is 12.4 Å². The smallest absolute Gasteiger partial charge is 0.264 e. The molecule has 2 aromatic heterocycles. The molecule has 5 rings (SSSR count). The van der Waals surface area contributed by atoms with Gasteiger partial charge in [-0.3, -0.25) is 9.59 Å². The van der Waals surface area contributed by atoms with E-state index in [0.29, 0.717) is 36.8 Å². The number of anilines is 1. The van der Waals surface area contributed by atoms with Crippen molar-refractivity contribution in [2.75, 3.05) is 37.6 Å². The first-order chi connectivity index (χ1) is 18.5. The Bertz CT molecular complexity index is 1360. The monoisotopic (exact) mass is 529 g/mol. The van der Waals surface area contributed by atoms with Crippen LogP contribution in [-0.4, -0.2) is 64.5 Å². The van der Waals surface area contributed by atoms with Crippen LogP contribution in [0.25, 0.3) is 11.3 Å². The zero-order valence-corrected chi connectivity index (χ0v) is 21.9. The summed E-state index contributed by atoms with van der Waals surface area (Å²) in [5.41, 5.74) is 2.45. The van der Waals surface area contributed by atoms with Gasteiger partial charge in [-0.2, -0.15) is 0 Å². The van der Waals surface area contributed by atoms with E-state index in [0.717, 1.165) is 16.9 Å². The summed E-state index contributed by atoms with van der Waals surface area (Å²) in [6.45, 7) is 4.26. The quantitative estimate of drug-likeness (QED) is 0.341. The number of hydrogen-bond donors (Lipinski definition) is 0. The Kier molecular flexibility index (Phi) is 7.74. The predicted molar refractivity (Wildman–Crippen MR) is 146 cm³/mol. The summed E-state index contributed by atoms with van der Waals surface area (Å²) in [4.78, 5) is 32.9. The highest BCUT2D eigenvalue weighted by molar-refractivity contribution is 7.12. The Morgan fingerprint density at radius 1 is 0.921 bits per heavy atom. The number of carbonyl (C=O) groups excluding carboxylic acids is 2. The standard InChI is InChI=1S/C29H28FN5O2S/c1-21(22-6-3-2-4-7-22)35(29(37)26-8-5-19-38-26)20-28(36)34-17-15-33(16-18-34)27-14-13-25(31-32-27)23-9-11-24(30)12-10-23/h2-14,19,21H,15-18,20H2,1H3. The summed E-state index contributed by atoms with van der Waals surface area (Å²) >= 11 is 1.38. The summed E-state index contributed by atoms with van der Waals surface area (Å²) in [6, 6.07) is 23.1. The molecule has 1 aliphatic rings. The summed E-state index contributed by atoms with van der Waals surface area (Å²) in [7, 11) is 0. The second-order valence-electron chi connectivity index (χ2n) is 9.15. The summed E-state index contributed by atoms with van der Waals surface area (Å²) in [5, 5.41) is 10.5. The average Bonchev–Trinajstić information content (AvgIpc) is 3.51. The normalized spacial score (nSPS) is 14.3. The average molecular weight is 530 g/mol. The molecule has 0 spiro atoms. The van der Waals surface area contributed by atoms with Crippen LogP contribution in [0.4, 0.5) is 10.2 Å². The molecule has 0 aliphatic carbocycles. The van der Waals surface area contributed by atoms with Crippen LogP contribution >= 0.6 is 11.3 Å². The first-order valence-corrected chi connectivity index (χ1v) is 13.4. The van der Waals surface area contributed by atoms with E-state index in [1.165, 1.54) is 23.5 Å². The molecule has 1 saturated heterocycles. The highest BCUT2D eigenvalue weighted by Gasteiger charge is 2.29. The lowest BCUT2D eigenvalue weighted by atomic mass is 10.1. The molecule has 7 nitrogen and oxygen atoms in total. The minimum atomic E-state index is -0.292. The topological polar surface area (TPSA) is 69.6 Å². The van der Waals surface area contributed by atoms with Gasteiger partial charge in [-0.05, 0) is 60.3 Å². The lowest BCUT2D eigenvalue weighted by molar-refractivity contribution is -0.132. The van der Waals surface area contributed by atoms with Gasteiger partial charge in [0, 0.05) is 31.7 Å². The molecule has 2 amide bonds. The van der Waals surface area contributed by atoms with E-state index in [2.05, 4.69) is 15.1 Å². The van der Waals surface area contributed by atoms with E-state index in [-0.39, 0.29) is 30.2 Å². The van der Waals surface area contributed by atoms with E-state index < -0.39 is 0 Å². The van der Waals surface area contributed by atoms with E-state index in [4.69, 9.17) is 0 Å². The fraction of sp³-hybridized carbons (Fsp3) is 0.241. The second-order valence-corrected chi connectivity index (χ2v) is 10.1. The molecule has 0 N–H and O–H groups in total. The number of hydrogen-bond acceptors (Lipinski definition) is 6. The van der Waals surface area contributed by atoms with Gasteiger partial charge in [0.2, 0.25) is 5.91 Å². The zero-order valence-electron chi connectivity index (χ0n) is 21.0. The number of thiophene rings is 1. The third kappa shape index (κ3) is 5.73. The van der Waals surface area contributed by atoms with Gasteiger partial charge in [-0.15, -0.1) is 21.5 Å². The van der Waals surface area contributed by atoms with Gasteiger partial charge in [0.15, 0.2) is 5.82 Å². The van der Waals surface area contributed by atoms with Gasteiger partial charge in [-0.25, -0.2) is 4.39 Å². The van der Waals surface area contributed by atoms with E-state index in [1.54, 1.807) is 23.1 Å². The minimum absolute atomic E-state index is 0.0129. The van der Waals surface area contributed by atoms with Crippen LogP contribution in [0.2, 0.25) is 0 Å². The van der Waals surface area contributed by atoms with Gasteiger partial charge in [0.05, 0.1) is 16.6 Å². The van der Waals surface area contributed by atoms with Crippen LogP contribution in [0.15, 0.2) is 84.2 Å². The zero-order chi connectivity index (χ0) is 26.5. The van der Waals surface area contributed by atoms with Crippen molar-refractivity contribution in [1.82, 2.24) is 20.0 Å². The van der Waals surface area contributed by atoms with Gasteiger partial charge < -0.3 is 14.7 Å². The van der Waals surface area contributed by atoms with Crippen molar-refractivity contribution in [3.63, 3.8) is 0 Å². The van der Waals surface area contributed by atoms with E-state index in [9.17, 15) is 14.0 Å². The minimum Gasteiger partial charge on any atom is -0.352 e. The molecule has 1 atom stereocenters.